The molecular formula is C20H22N2O4S. The maximum Gasteiger partial charge on any atom is 0.271 e. The Morgan fingerprint density at radius 3 is 2.70 bits per heavy atom. The Labute approximate surface area is 162 Å². The van der Waals surface area contributed by atoms with E-state index in [2.05, 4.69) is 10.3 Å². The van der Waals surface area contributed by atoms with E-state index in [1.807, 2.05) is 45.0 Å². The van der Waals surface area contributed by atoms with Gasteiger partial charge in [0.05, 0.1) is 25.5 Å². The Morgan fingerprint density at radius 2 is 2.00 bits per heavy atom. The van der Waals surface area contributed by atoms with Crippen LogP contribution in [-0.4, -0.2) is 24.1 Å². The van der Waals surface area contributed by atoms with Gasteiger partial charge in [-0.15, -0.1) is 11.3 Å². The maximum absolute atomic E-state index is 12.5. The number of aromatic nitrogens is 1. The molecule has 0 saturated heterocycles. The zero-order valence-corrected chi connectivity index (χ0v) is 16.3. The van der Waals surface area contributed by atoms with Crippen LogP contribution in [0.3, 0.4) is 0 Å². The van der Waals surface area contributed by atoms with Crippen LogP contribution in [0, 0.1) is 0 Å². The van der Waals surface area contributed by atoms with Gasteiger partial charge in [0.25, 0.3) is 5.91 Å². The number of furan rings is 1. The molecule has 0 radical (unpaired) electrons. The average molecular weight is 386 g/mol. The van der Waals surface area contributed by atoms with Crippen LogP contribution < -0.4 is 14.8 Å². The van der Waals surface area contributed by atoms with E-state index in [-0.39, 0.29) is 11.9 Å². The highest BCUT2D eigenvalue weighted by molar-refractivity contribution is 7.13. The number of carbonyl (C=O) groups is 1. The van der Waals surface area contributed by atoms with Gasteiger partial charge >= 0.3 is 0 Å². The van der Waals surface area contributed by atoms with Crippen molar-refractivity contribution in [2.24, 2.45) is 0 Å². The minimum atomic E-state index is -0.233. The molecule has 1 aromatic carbocycles. The van der Waals surface area contributed by atoms with Gasteiger partial charge in [-0.05, 0) is 50.6 Å². The van der Waals surface area contributed by atoms with Crippen LogP contribution in [0.2, 0.25) is 0 Å². The van der Waals surface area contributed by atoms with Crippen LogP contribution in [0.4, 0.5) is 0 Å². The molecule has 27 heavy (non-hydrogen) atoms. The highest BCUT2D eigenvalue weighted by atomic mass is 32.1. The van der Waals surface area contributed by atoms with Gasteiger partial charge in [-0.3, -0.25) is 4.79 Å². The van der Waals surface area contributed by atoms with Crippen molar-refractivity contribution in [3.63, 3.8) is 0 Å². The molecular weight excluding hydrogens is 364 g/mol. The monoisotopic (exact) mass is 386 g/mol. The van der Waals surface area contributed by atoms with Crippen molar-refractivity contribution in [2.45, 2.75) is 26.8 Å². The third kappa shape index (κ3) is 4.49. The second kappa shape index (κ2) is 8.73. The molecule has 0 spiro atoms. The number of nitrogens with one attached hydrogen (secondary N) is 1. The smallest absolute Gasteiger partial charge is 0.271 e. The molecule has 1 N–H and O–H groups in total. The van der Waals surface area contributed by atoms with E-state index in [4.69, 9.17) is 13.9 Å². The molecule has 0 aliphatic carbocycles. The largest absolute Gasteiger partial charge is 0.490 e. The Bertz CT molecular complexity index is 889. The fraction of sp³-hybridized carbons (Fsp3) is 0.300. The van der Waals surface area contributed by atoms with Crippen LogP contribution in [-0.2, 0) is 0 Å². The van der Waals surface area contributed by atoms with Crippen molar-refractivity contribution in [1.82, 2.24) is 10.3 Å². The van der Waals surface area contributed by atoms with Crippen molar-refractivity contribution in [3.05, 3.63) is 53.2 Å². The summed E-state index contributed by atoms with van der Waals surface area (Å²) in [6.07, 6.45) is 1.58. The van der Waals surface area contributed by atoms with Crippen LogP contribution in [0.25, 0.3) is 10.8 Å². The predicted molar refractivity (Wildman–Crippen MR) is 104 cm³/mol. The minimum absolute atomic E-state index is 0.207. The summed E-state index contributed by atoms with van der Waals surface area (Å²) in [6, 6.07) is 9.09. The van der Waals surface area contributed by atoms with Crippen LogP contribution in [0.1, 0.15) is 42.9 Å². The molecule has 1 atom stereocenters. The summed E-state index contributed by atoms with van der Waals surface area (Å²) in [4.78, 5) is 16.9. The van der Waals surface area contributed by atoms with Gasteiger partial charge in [-0.1, -0.05) is 6.07 Å². The van der Waals surface area contributed by atoms with E-state index in [0.717, 1.165) is 5.56 Å². The minimum Gasteiger partial charge on any atom is -0.490 e. The molecule has 7 heteroatoms. The molecule has 0 fully saturated rings. The van der Waals surface area contributed by atoms with Crippen molar-refractivity contribution in [3.8, 4) is 22.3 Å². The van der Waals surface area contributed by atoms with Gasteiger partial charge in [0.15, 0.2) is 22.3 Å². The second-order valence-electron chi connectivity index (χ2n) is 5.78. The third-order valence-corrected chi connectivity index (χ3v) is 4.74. The number of ether oxygens (including phenoxy) is 2. The molecule has 6 nitrogen and oxygen atoms in total. The first-order valence-corrected chi connectivity index (χ1v) is 9.70. The summed E-state index contributed by atoms with van der Waals surface area (Å²) in [5.74, 6) is 1.79. The molecule has 2 heterocycles. The molecule has 3 aromatic rings. The molecule has 0 aliphatic heterocycles. The molecule has 0 bridgehead atoms. The summed E-state index contributed by atoms with van der Waals surface area (Å²) in [5, 5.41) is 5.37. The van der Waals surface area contributed by atoms with Gasteiger partial charge in [-0.25, -0.2) is 4.98 Å². The fourth-order valence-corrected chi connectivity index (χ4v) is 3.35. The summed E-state index contributed by atoms with van der Waals surface area (Å²) in [7, 11) is 0. The zero-order chi connectivity index (χ0) is 19.2. The molecule has 3 rings (SSSR count). The van der Waals surface area contributed by atoms with Crippen molar-refractivity contribution in [1.29, 1.82) is 0 Å². The highest BCUT2D eigenvalue weighted by Crippen LogP contribution is 2.31. The summed E-state index contributed by atoms with van der Waals surface area (Å²) < 4.78 is 16.6. The van der Waals surface area contributed by atoms with Gasteiger partial charge in [0, 0.05) is 5.38 Å². The standard InChI is InChI=1S/C20H22N2O4S/c1-4-24-16-9-8-14(11-18(16)25-5-2)13(3)21-19(23)15-12-27-20(22-15)17-7-6-10-26-17/h6-13H,4-5H2,1-3H3,(H,21,23). The first kappa shape index (κ1) is 19.0. The molecule has 1 unspecified atom stereocenters. The molecule has 1 amide bonds. The first-order valence-electron chi connectivity index (χ1n) is 8.82. The quantitative estimate of drug-likeness (QED) is 0.608. The van der Waals surface area contributed by atoms with E-state index in [1.54, 1.807) is 17.7 Å². The number of carbonyl (C=O) groups excluding carboxylic acids is 1. The topological polar surface area (TPSA) is 73.6 Å². The number of hydrogen-bond donors (Lipinski definition) is 1. The first-order chi connectivity index (χ1) is 13.1. The zero-order valence-electron chi connectivity index (χ0n) is 15.5. The number of amides is 1. The lowest BCUT2D eigenvalue weighted by Gasteiger charge is -2.17. The normalized spacial score (nSPS) is 11.8. The summed E-state index contributed by atoms with van der Waals surface area (Å²) >= 11 is 1.37. The lowest BCUT2D eigenvalue weighted by molar-refractivity contribution is 0.0935. The maximum atomic E-state index is 12.5. The predicted octanol–water partition coefficient (Wildman–Crippen LogP) is 4.69. The SMILES string of the molecule is CCOc1ccc(C(C)NC(=O)c2csc(-c3ccco3)n2)cc1OCC. The van der Waals surface area contributed by atoms with E-state index in [9.17, 15) is 4.79 Å². The lowest BCUT2D eigenvalue weighted by atomic mass is 10.1. The number of hydrogen-bond acceptors (Lipinski definition) is 6. The van der Waals surface area contributed by atoms with Crippen LogP contribution >= 0.6 is 11.3 Å². The van der Waals surface area contributed by atoms with Crippen molar-refractivity contribution < 1.29 is 18.7 Å². The van der Waals surface area contributed by atoms with Gasteiger partial charge < -0.3 is 19.2 Å². The lowest BCUT2D eigenvalue weighted by Crippen LogP contribution is -2.27. The van der Waals surface area contributed by atoms with Crippen molar-refractivity contribution >= 4 is 17.2 Å². The van der Waals surface area contributed by atoms with Crippen LogP contribution in [0.15, 0.2) is 46.4 Å². The number of benzene rings is 1. The molecule has 2 aromatic heterocycles. The second-order valence-corrected chi connectivity index (χ2v) is 6.64. The Hall–Kier alpha value is -2.80. The van der Waals surface area contributed by atoms with Gasteiger partial charge in [-0.2, -0.15) is 0 Å². The fourth-order valence-electron chi connectivity index (χ4n) is 2.58. The number of rotatable bonds is 8. The van der Waals surface area contributed by atoms with E-state index in [1.165, 1.54) is 11.3 Å². The van der Waals surface area contributed by atoms with E-state index < -0.39 is 0 Å². The Kier molecular flexibility index (Phi) is 6.13. The Balaban J connectivity index is 1.72. The number of nitrogens with zero attached hydrogens (tertiary/aromatic N) is 1. The summed E-state index contributed by atoms with van der Waals surface area (Å²) in [6.45, 7) is 6.87. The van der Waals surface area contributed by atoms with Gasteiger partial charge in [0.2, 0.25) is 0 Å². The molecule has 0 saturated carbocycles. The van der Waals surface area contributed by atoms with E-state index in [0.29, 0.717) is 41.2 Å². The summed E-state index contributed by atoms with van der Waals surface area (Å²) in [5.41, 5.74) is 1.30. The third-order valence-electron chi connectivity index (χ3n) is 3.88. The molecule has 142 valence electrons. The van der Waals surface area contributed by atoms with Crippen molar-refractivity contribution in [2.75, 3.05) is 13.2 Å². The van der Waals surface area contributed by atoms with Crippen LogP contribution in [0.5, 0.6) is 11.5 Å². The Morgan fingerprint density at radius 1 is 1.22 bits per heavy atom. The van der Waals surface area contributed by atoms with E-state index >= 15 is 0 Å². The average Bonchev–Trinajstić information content (AvgIpc) is 3.35. The molecule has 0 aliphatic rings. The van der Waals surface area contributed by atoms with Gasteiger partial charge in [0.1, 0.15) is 5.69 Å². The number of thiazole rings is 1. The highest BCUT2D eigenvalue weighted by Gasteiger charge is 2.17.